The van der Waals surface area contributed by atoms with E-state index in [0.29, 0.717) is 13.1 Å². The van der Waals surface area contributed by atoms with Crippen molar-refractivity contribution in [1.82, 2.24) is 14.5 Å². The highest BCUT2D eigenvalue weighted by Gasteiger charge is 2.16. The first-order chi connectivity index (χ1) is 11.7. The summed E-state index contributed by atoms with van der Waals surface area (Å²) in [5.74, 6) is 0.181. The van der Waals surface area contributed by atoms with Gasteiger partial charge in [0.25, 0.3) is 0 Å². The molecule has 124 valence electrons. The number of aryl methyl sites for hydroxylation is 1. The van der Waals surface area contributed by atoms with Gasteiger partial charge in [0, 0.05) is 19.6 Å². The number of fused-ring (bicyclic) bond motifs is 1. The van der Waals surface area contributed by atoms with E-state index in [1.54, 1.807) is 4.90 Å². The van der Waals surface area contributed by atoms with E-state index >= 15 is 0 Å². The molecule has 0 aliphatic rings. The van der Waals surface area contributed by atoms with Gasteiger partial charge in [-0.2, -0.15) is 10.5 Å². The van der Waals surface area contributed by atoms with Gasteiger partial charge in [-0.15, -0.1) is 0 Å². The molecule has 1 heterocycles. The number of carbonyl (C=O) groups is 1. The normalized spacial score (nSPS) is 10.3. The first-order valence-corrected chi connectivity index (χ1v) is 8.79. The van der Waals surface area contributed by atoms with Gasteiger partial charge in [0.2, 0.25) is 5.91 Å². The van der Waals surface area contributed by atoms with Crippen LogP contribution in [-0.2, 0) is 11.3 Å². The molecule has 0 fully saturated rings. The lowest BCUT2D eigenvalue weighted by Gasteiger charge is -2.20. The van der Waals surface area contributed by atoms with Crippen LogP contribution in [-0.4, -0.2) is 39.2 Å². The monoisotopic (exact) mass is 341 g/mol. The van der Waals surface area contributed by atoms with Gasteiger partial charge in [0.15, 0.2) is 5.16 Å². The molecule has 0 atom stereocenters. The summed E-state index contributed by atoms with van der Waals surface area (Å²) in [6.45, 7) is 3.55. The maximum atomic E-state index is 12.4. The number of nitrogens with zero attached hydrogens (tertiary/aromatic N) is 5. The molecule has 0 spiro atoms. The Morgan fingerprint density at radius 2 is 1.92 bits per heavy atom. The van der Waals surface area contributed by atoms with Crippen molar-refractivity contribution >= 4 is 28.7 Å². The zero-order valence-electron chi connectivity index (χ0n) is 13.6. The summed E-state index contributed by atoms with van der Waals surface area (Å²) in [4.78, 5) is 18.6. The van der Waals surface area contributed by atoms with Crippen LogP contribution in [0.4, 0.5) is 0 Å². The third-order valence-corrected chi connectivity index (χ3v) is 4.56. The van der Waals surface area contributed by atoms with Gasteiger partial charge in [-0.1, -0.05) is 23.9 Å². The highest BCUT2D eigenvalue weighted by Crippen LogP contribution is 2.24. The molecule has 1 aromatic heterocycles. The van der Waals surface area contributed by atoms with Gasteiger partial charge in [-0.25, -0.2) is 4.98 Å². The molecule has 0 N–H and O–H groups in total. The van der Waals surface area contributed by atoms with E-state index in [9.17, 15) is 4.79 Å². The lowest BCUT2D eigenvalue weighted by Crippen LogP contribution is -2.34. The second-order valence-corrected chi connectivity index (χ2v) is 6.06. The fourth-order valence-electron chi connectivity index (χ4n) is 2.42. The van der Waals surface area contributed by atoms with Crippen molar-refractivity contribution in [1.29, 1.82) is 10.5 Å². The number of para-hydroxylation sites is 2. The van der Waals surface area contributed by atoms with E-state index in [-0.39, 0.29) is 24.5 Å². The summed E-state index contributed by atoms with van der Waals surface area (Å²) in [5.41, 5.74) is 1.97. The number of carbonyl (C=O) groups excluding carboxylic acids is 1. The number of nitriles is 2. The van der Waals surface area contributed by atoms with Gasteiger partial charge in [0.05, 0.1) is 41.8 Å². The minimum absolute atomic E-state index is 0.0693. The van der Waals surface area contributed by atoms with E-state index in [4.69, 9.17) is 10.5 Å². The first kappa shape index (κ1) is 17.8. The molecule has 0 aliphatic carbocycles. The minimum atomic E-state index is -0.0693. The van der Waals surface area contributed by atoms with Crippen LogP contribution in [0.15, 0.2) is 29.4 Å². The second kappa shape index (κ2) is 8.95. The maximum absolute atomic E-state index is 12.4. The van der Waals surface area contributed by atoms with Crippen LogP contribution in [0.2, 0.25) is 0 Å². The van der Waals surface area contributed by atoms with Gasteiger partial charge < -0.3 is 9.47 Å². The highest BCUT2D eigenvalue weighted by atomic mass is 32.2. The fourth-order valence-corrected chi connectivity index (χ4v) is 3.40. The molecule has 2 aromatic rings. The third-order valence-electron chi connectivity index (χ3n) is 3.60. The van der Waals surface area contributed by atoms with E-state index in [0.717, 1.165) is 22.7 Å². The number of rotatable bonds is 8. The number of thioether (sulfide) groups is 1. The van der Waals surface area contributed by atoms with Crippen molar-refractivity contribution in [3.05, 3.63) is 24.3 Å². The van der Waals surface area contributed by atoms with Crippen LogP contribution >= 0.6 is 11.8 Å². The zero-order valence-corrected chi connectivity index (χ0v) is 14.4. The molecule has 1 aromatic carbocycles. The van der Waals surface area contributed by atoms with E-state index in [1.165, 1.54) is 11.8 Å². The number of hydrogen-bond acceptors (Lipinski definition) is 5. The van der Waals surface area contributed by atoms with Crippen molar-refractivity contribution in [3.8, 4) is 12.1 Å². The predicted octanol–water partition coefficient (Wildman–Crippen LogP) is 2.80. The average Bonchev–Trinajstić information content (AvgIpc) is 2.97. The molecule has 1 amide bonds. The SMILES string of the molecule is CCn1c(SCC(=O)N(CCC#N)CCC#N)nc2ccccc21. The number of benzene rings is 1. The van der Waals surface area contributed by atoms with Gasteiger partial charge in [-0.05, 0) is 19.1 Å². The molecule has 2 rings (SSSR count). The molecule has 0 saturated carbocycles. The Labute approximate surface area is 145 Å². The Balaban J connectivity index is 2.07. The van der Waals surface area contributed by atoms with Crippen molar-refractivity contribution in [2.45, 2.75) is 31.5 Å². The summed E-state index contributed by atoms with van der Waals surface area (Å²) in [6, 6.07) is 12.0. The Hall–Kier alpha value is -2.51. The molecule has 0 unspecified atom stereocenters. The molecule has 6 nitrogen and oxygen atoms in total. The number of hydrogen-bond donors (Lipinski definition) is 0. The van der Waals surface area contributed by atoms with Crippen molar-refractivity contribution in [2.24, 2.45) is 0 Å². The molecule has 0 aliphatic heterocycles. The fraction of sp³-hybridized carbons (Fsp3) is 0.412. The van der Waals surface area contributed by atoms with Crippen LogP contribution in [0.5, 0.6) is 0 Å². The van der Waals surface area contributed by atoms with Crippen LogP contribution in [0.25, 0.3) is 11.0 Å². The Morgan fingerprint density at radius 3 is 2.54 bits per heavy atom. The lowest BCUT2D eigenvalue weighted by atomic mass is 10.3. The summed E-state index contributed by atoms with van der Waals surface area (Å²) in [6.07, 6.45) is 0.546. The second-order valence-electron chi connectivity index (χ2n) is 5.11. The van der Waals surface area contributed by atoms with Crippen LogP contribution < -0.4 is 0 Å². The number of amides is 1. The Morgan fingerprint density at radius 1 is 1.25 bits per heavy atom. The molecular weight excluding hydrogens is 322 g/mol. The number of imidazole rings is 1. The maximum Gasteiger partial charge on any atom is 0.233 e. The Kier molecular flexibility index (Phi) is 6.65. The average molecular weight is 341 g/mol. The smallest absolute Gasteiger partial charge is 0.233 e. The Bertz CT molecular complexity index is 768. The first-order valence-electron chi connectivity index (χ1n) is 7.81. The predicted molar refractivity (Wildman–Crippen MR) is 93.2 cm³/mol. The molecular formula is C17H19N5OS. The van der Waals surface area contributed by atoms with Crippen LogP contribution in [0.1, 0.15) is 19.8 Å². The molecule has 24 heavy (non-hydrogen) atoms. The van der Waals surface area contributed by atoms with Gasteiger partial charge in [-0.3, -0.25) is 4.79 Å². The molecule has 0 bridgehead atoms. The van der Waals surface area contributed by atoms with Crippen molar-refractivity contribution in [2.75, 3.05) is 18.8 Å². The number of aromatic nitrogens is 2. The van der Waals surface area contributed by atoms with E-state index in [1.807, 2.05) is 43.3 Å². The van der Waals surface area contributed by atoms with E-state index in [2.05, 4.69) is 9.55 Å². The quantitative estimate of drug-likeness (QED) is 0.689. The molecule has 0 saturated heterocycles. The standard InChI is InChI=1S/C17H19N5OS/c1-2-22-15-8-4-3-7-14(15)20-17(22)24-13-16(23)21(11-5-9-18)12-6-10-19/h3-4,7-8H,2,5-6,11-13H2,1H3. The summed E-state index contributed by atoms with van der Waals surface area (Å²) < 4.78 is 2.09. The summed E-state index contributed by atoms with van der Waals surface area (Å²) in [5, 5.41) is 18.2. The van der Waals surface area contributed by atoms with Gasteiger partial charge in [0.1, 0.15) is 0 Å². The van der Waals surface area contributed by atoms with Crippen LogP contribution in [0, 0.1) is 22.7 Å². The zero-order chi connectivity index (χ0) is 17.4. The minimum Gasteiger partial charge on any atom is -0.340 e. The largest absolute Gasteiger partial charge is 0.340 e. The van der Waals surface area contributed by atoms with Gasteiger partial charge >= 0.3 is 0 Å². The summed E-state index contributed by atoms with van der Waals surface area (Å²) >= 11 is 1.40. The third kappa shape index (κ3) is 4.27. The van der Waals surface area contributed by atoms with Crippen molar-refractivity contribution < 1.29 is 4.79 Å². The highest BCUT2D eigenvalue weighted by molar-refractivity contribution is 7.99. The molecule has 0 radical (unpaired) electrons. The van der Waals surface area contributed by atoms with Crippen molar-refractivity contribution in [3.63, 3.8) is 0 Å². The molecule has 7 heteroatoms. The van der Waals surface area contributed by atoms with E-state index < -0.39 is 0 Å². The topological polar surface area (TPSA) is 85.7 Å². The summed E-state index contributed by atoms with van der Waals surface area (Å²) in [7, 11) is 0. The van der Waals surface area contributed by atoms with Crippen LogP contribution in [0.3, 0.4) is 0 Å². The lowest BCUT2D eigenvalue weighted by molar-refractivity contribution is -0.128.